The molecule has 0 heterocycles. The van der Waals surface area contributed by atoms with Gasteiger partial charge in [-0.15, -0.1) is 0 Å². The van der Waals surface area contributed by atoms with Crippen LogP contribution in [0.2, 0.25) is 0 Å². The molecule has 0 amide bonds. The molecular weight excluding hydrogens is 320 g/mol. The number of ketones is 1. The summed E-state index contributed by atoms with van der Waals surface area (Å²) in [5.41, 5.74) is -0.307. The van der Waals surface area contributed by atoms with E-state index in [1.54, 1.807) is 0 Å². The molecule has 6 heteroatoms. The van der Waals surface area contributed by atoms with Crippen molar-refractivity contribution in [3.8, 4) is 0 Å². The number of Topliss-reactive ketones (excluding diaryl/α,β-unsaturated/α-hetero) is 1. The fourth-order valence-electron chi connectivity index (χ4n) is 1.97. The van der Waals surface area contributed by atoms with Crippen LogP contribution in [0.15, 0.2) is 0 Å². The van der Waals surface area contributed by atoms with Crippen molar-refractivity contribution in [2.24, 2.45) is 5.41 Å². The third-order valence-electron chi connectivity index (χ3n) is 3.25. The van der Waals surface area contributed by atoms with Gasteiger partial charge in [0.05, 0.1) is 5.75 Å². The molecular formula is C16H33O4S2+. The predicted molar refractivity (Wildman–Crippen MR) is 95.4 cm³/mol. The van der Waals surface area contributed by atoms with Crippen molar-refractivity contribution < 1.29 is 16.8 Å². The van der Waals surface area contributed by atoms with Gasteiger partial charge in [-0.3, -0.25) is 4.79 Å². The average molecular weight is 354 g/mol. The van der Waals surface area contributed by atoms with Crippen molar-refractivity contribution in [3.05, 3.63) is 0 Å². The first kappa shape index (κ1) is 21.9. The first-order valence-electron chi connectivity index (χ1n) is 8.04. The van der Waals surface area contributed by atoms with Crippen LogP contribution in [-0.4, -0.2) is 30.5 Å². The van der Waals surface area contributed by atoms with Crippen molar-refractivity contribution in [3.63, 3.8) is 0 Å². The molecule has 0 aromatic rings. The van der Waals surface area contributed by atoms with Gasteiger partial charge in [-0.05, 0) is 44.2 Å². The molecule has 0 N–H and O–H groups in total. The van der Waals surface area contributed by atoms with Crippen molar-refractivity contribution in [2.45, 2.75) is 84.6 Å². The van der Waals surface area contributed by atoms with E-state index in [1.807, 2.05) is 48.5 Å². The fraction of sp³-hybridized carbons (Fsp3) is 0.938. The summed E-state index contributed by atoms with van der Waals surface area (Å²) in [6.45, 7) is 13.7. The Bertz CT molecular complexity index is 426. The molecule has 0 aromatic heterocycles. The lowest BCUT2D eigenvalue weighted by molar-refractivity contribution is -0.126. The molecule has 0 rings (SSSR count). The first-order valence-corrected chi connectivity index (χ1v) is 10.9. The molecule has 0 bridgehead atoms. The van der Waals surface area contributed by atoms with Crippen LogP contribution in [0.1, 0.15) is 74.1 Å². The summed E-state index contributed by atoms with van der Waals surface area (Å²) in [4.78, 5) is 11.8. The summed E-state index contributed by atoms with van der Waals surface area (Å²) >= 11 is -0.566. The van der Waals surface area contributed by atoms with E-state index in [9.17, 15) is 13.2 Å². The Labute approximate surface area is 140 Å². The van der Waals surface area contributed by atoms with Gasteiger partial charge in [-0.1, -0.05) is 27.2 Å². The molecule has 0 atom stereocenters. The highest BCUT2D eigenvalue weighted by molar-refractivity contribution is 8.03. The quantitative estimate of drug-likeness (QED) is 0.442. The lowest BCUT2D eigenvalue weighted by Crippen LogP contribution is -2.30. The molecule has 0 spiro atoms. The molecule has 132 valence electrons. The molecule has 0 fully saturated rings. The van der Waals surface area contributed by atoms with E-state index >= 15 is 0 Å². The van der Waals surface area contributed by atoms with Crippen molar-refractivity contribution in [1.82, 2.24) is 0 Å². The molecule has 0 radical (unpaired) electrons. The normalized spacial score (nSPS) is 13.4. The van der Waals surface area contributed by atoms with Gasteiger partial charge in [-0.2, -0.15) is 8.42 Å². The molecule has 22 heavy (non-hydrogen) atoms. The molecule has 0 saturated heterocycles. The van der Waals surface area contributed by atoms with Crippen LogP contribution in [0.4, 0.5) is 0 Å². The van der Waals surface area contributed by atoms with Crippen LogP contribution in [0.3, 0.4) is 0 Å². The fourth-order valence-corrected chi connectivity index (χ4v) is 6.10. The molecule has 0 unspecified atom stereocenters. The summed E-state index contributed by atoms with van der Waals surface area (Å²) in [6, 6.07) is 0. The number of unbranched alkanes of at least 4 members (excludes halogenated alkanes) is 2. The molecule has 4 nitrogen and oxygen atoms in total. The number of hydrogen-bond donors (Lipinski definition) is 0. The molecule has 0 aliphatic carbocycles. The van der Waals surface area contributed by atoms with Crippen LogP contribution < -0.4 is 0 Å². The van der Waals surface area contributed by atoms with E-state index in [1.165, 1.54) is 0 Å². The van der Waals surface area contributed by atoms with Crippen molar-refractivity contribution in [1.29, 1.82) is 0 Å². The lowest BCUT2D eigenvalue weighted by atomic mass is 9.88. The van der Waals surface area contributed by atoms with E-state index in [0.717, 1.165) is 12.8 Å². The standard InChI is InChI=1S/C16H33O4S2/c1-13(2)21(14(3)4)20-22(18,19)12-10-8-9-11-15(17)16(5,6)7/h13-14H,8-12H2,1-7H3/q+1. The summed E-state index contributed by atoms with van der Waals surface area (Å²) in [6.07, 6.45) is 2.55. The van der Waals surface area contributed by atoms with Gasteiger partial charge in [0.25, 0.3) is 0 Å². The van der Waals surface area contributed by atoms with Gasteiger partial charge >= 0.3 is 10.1 Å². The Morgan fingerprint density at radius 3 is 1.91 bits per heavy atom. The lowest BCUT2D eigenvalue weighted by Gasteiger charge is -2.16. The third kappa shape index (κ3) is 9.16. The summed E-state index contributed by atoms with van der Waals surface area (Å²) in [7, 11) is -3.47. The maximum Gasteiger partial charge on any atom is 0.311 e. The van der Waals surface area contributed by atoms with E-state index in [-0.39, 0.29) is 27.5 Å². The Hall–Kier alpha value is -0.0700. The largest absolute Gasteiger partial charge is 0.311 e. The average Bonchev–Trinajstić information content (AvgIpc) is 2.33. The van der Waals surface area contributed by atoms with Crippen LogP contribution >= 0.6 is 0 Å². The van der Waals surface area contributed by atoms with Crippen molar-refractivity contribution in [2.75, 3.05) is 5.75 Å². The van der Waals surface area contributed by atoms with Gasteiger partial charge in [0.15, 0.2) is 11.2 Å². The zero-order valence-corrected chi connectivity index (χ0v) is 16.8. The van der Waals surface area contributed by atoms with Gasteiger partial charge < -0.3 is 0 Å². The Morgan fingerprint density at radius 2 is 1.50 bits per heavy atom. The second-order valence-electron chi connectivity index (χ2n) is 7.24. The molecule has 0 aliphatic rings. The van der Waals surface area contributed by atoms with Crippen LogP contribution in [0.5, 0.6) is 0 Å². The minimum atomic E-state index is -3.47. The first-order chi connectivity index (χ1) is 9.87. The zero-order valence-electron chi connectivity index (χ0n) is 15.1. The number of hydrogen-bond acceptors (Lipinski definition) is 4. The minimum Gasteiger partial charge on any atom is -0.299 e. The van der Waals surface area contributed by atoms with Gasteiger partial charge in [0.1, 0.15) is 16.3 Å². The second-order valence-corrected chi connectivity index (χ2v) is 11.9. The number of carbonyl (C=O) groups excluding carboxylic acids is 1. The van der Waals surface area contributed by atoms with E-state index in [0.29, 0.717) is 12.8 Å². The monoisotopic (exact) mass is 353 g/mol. The Balaban J connectivity index is 4.17. The topological polar surface area (TPSA) is 60.4 Å². The highest BCUT2D eigenvalue weighted by Crippen LogP contribution is 2.20. The summed E-state index contributed by atoms with van der Waals surface area (Å²) in [5.74, 6) is 0.271. The maximum absolute atomic E-state index is 12.0. The molecule has 0 aliphatic heterocycles. The molecule has 0 saturated carbocycles. The van der Waals surface area contributed by atoms with E-state index < -0.39 is 21.3 Å². The SMILES string of the molecule is CC(C)[S+](OS(=O)(=O)CCCCCC(=O)C(C)(C)C)C(C)C. The van der Waals surface area contributed by atoms with Gasteiger partial charge in [-0.25, -0.2) is 0 Å². The van der Waals surface area contributed by atoms with Gasteiger partial charge in [0.2, 0.25) is 0 Å². The van der Waals surface area contributed by atoms with E-state index in [2.05, 4.69) is 0 Å². The van der Waals surface area contributed by atoms with Crippen LogP contribution in [0.25, 0.3) is 0 Å². The second kappa shape index (κ2) is 9.28. The summed E-state index contributed by atoms with van der Waals surface area (Å²) in [5, 5.41) is 0.387. The van der Waals surface area contributed by atoms with E-state index in [4.69, 9.17) is 3.63 Å². The highest BCUT2D eigenvalue weighted by Gasteiger charge is 2.35. The minimum absolute atomic E-state index is 0.0413. The van der Waals surface area contributed by atoms with Crippen LogP contribution in [0, 0.1) is 5.41 Å². The predicted octanol–water partition coefficient (Wildman–Crippen LogP) is 3.86. The summed E-state index contributed by atoms with van der Waals surface area (Å²) < 4.78 is 29.4. The highest BCUT2D eigenvalue weighted by atomic mass is 32.3. The Morgan fingerprint density at radius 1 is 1.00 bits per heavy atom. The number of rotatable bonds is 10. The Kier molecular flexibility index (Phi) is 9.25. The smallest absolute Gasteiger partial charge is 0.299 e. The van der Waals surface area contributed by atoms with Crippen molar-refractivity contribution >= 4 is 27.1 Å². The maximum atomic E-state index is 12.0. The van der Waals surface area contributed by atoms with Crippen LogP contribution in [-0.2, 0) is 29.7 Å². The van der Waals surface area contributed by atoms with Gasteiger partial charge in [0, 0.05) is 11.8 Å². The number of carbonyl (C=O) groups is 1. The molecule has 0 aromatic carbocycles. The third-order valence-corrected chi connectivity index (χ3v) is 7.35. The zero-order chi connectivity index (χ0) is 17.6.